The van der Waals surface area contributed by atoms with Crippen LogP contribution in [0.5, 0.6) is 0 Å². The zero-order chi connectivity index (χ0) is 13.0. The van der Waals surface area contributed by atoms with Crippen molar-refractivity contribution >= 4 is 21.2 Å². The standard InChI is InChI=1S/C12H17N3O2S/c1-18(16,17)12-4-2-10(3-5-12)14-15-11-6-8-13-9-7-11/h2-5,13-14H,6-9H2,1H3. The number of benzene rings is 1. The Morgan fingerprint density at radius 1 is 1.17 bits per heavy atom. The van der Waals surface area contributed by atoms with E-state index in [-0.39, 0.29) is 0 Å². The lowest BCUT2D eigenvalue weighted by molar-refractivity contribution is 0.602. The molecule has 5 nitrogen and oxygen atoms in total. The number of nitrogens with zero attached hydrogens (tertiary/aromatic N) is 1. The molecule has 0 radical (unpaired) electrons. The van der Waals surface area contributed by atoms with Gasteiger partial charge in [-0.25, -0.2) is 8.42 Å². The third-order valence-electron chi connectivity index (χ3n) is 2.81. The smallest absolute Gasteiger partial charge is 0.175 e. The molecule has 1 heterocycles. The highest BCUT2D eigenvalue weighted by Crippen LogP contribution is 2.14. The van der Waals surface area contributed by atoms with Gasteiger partial charge in [-0.15, -0.1) is 0 Å². The van der Waals surface area contributed by atoms with Gasteiger partial charge in [0.2, 0.25) is 0 Å². The molecule has 1 aromatic rings. The number of hydrogen-bond donors (Lipinski definition) is 2. The number of hydrazone groups is 1. The summed E-state index contributed by atoms with van der Waals surface area (Å²) >= 11 is 0. The zero-order valence-corrected chi connectivity index (χ0v) is 11.1. The minimum absolute atomic E-state index is 0.322. The summed E-state index contributed by atoms with van der Waals surface area (Å²) in [5.41, 5.74) is 4.90. The number of sulfone groups is 1. The number of nitrogens with one attached hydrogen (secondary N) is 2. The van der Waals surface area contributed by atoms with Crippen molar-refractivity contribution in [2.45, 2.75) is 17.7 Å². The molecule has 1 aromatic carbocycles. The van der Waals surface area contributed by atoms with Crippen molar-refractivity contribution in [3.05, 3.63) is 24.3 Å². The fraction of sp³-hybridized carbons (Fsp3) is 0.417. The van der Waals surface area contributed by atoms with Gasteiger partial charge in [0.15, 0.2) is 9.84 Å². The Bertz CT molecular complexity index is 527. The lowest BCUT2D eigenvalue weighted by Crippen LogP contribution is -2.28. The molecule has 0 aliphatic carbocycles. The molecular weight excluding hydrogens is 250 g/mol. The Labute approximate surface area is 107 Å². The lowest BCUT2D eigenvalue weighted by Gasteiger charge is -2.14. The number of rotatable bonds is 3. The molecule has 1 aliphatic rings. The summed E-state index contributed by atoms with van der Waals surface area (Å²) < 4.78 is 22.6. The molecule has 0 aromatic heterocycles. The quantitative estimate of drug-likeness (QED) is 0.808. The van der Waals surface area contributed by atoms with E-state index >= 15 is 0 Å². The maximum absolute atomic E-state index is 11.3. The maximum atomic E-state index is 11.3. The molecule has 0 atom stereocenters. The first-order valence-electron chi connectivity index (χ1n) is 5.88. The second-order valence-electron chi connectivity index (χ2n) is 4.34. The summed E-state index contributed by atoms with van der Waals surface area (Å²) in [4.78, 5) is 0.322. The second-order valence-corrected chi connectivity index (χ2v) is 6.35. The molecule has 0 unspecified atom stereocenters. The lowest BCUT2D eigenvalue weighted by atomic mass is 10.1. The summed E-state index contributed by atoms with van der Waals surface area (Å²) in [6.45, 7) is 1.93. The van der Waals surface area contributed by atoms with E-state index in [0.29, 0.717) is 4.90 Å². The van der Waals surface area contributed by atoms with Crippen LogP contribution in [-0.2, 0) is 9.84 Å². The Hall–Kier alpha value is -1.40. The van der Waals surface area contributed by atoms with Crippen LogP contribution >= 0.6 is 0 Å². The van der Waals surface area contributed by atoms with Crippen molar-refractivity contribution < 1.29 is 8.42 Å². The van der Waals surface area contributed by atoms with Crippen LogP contribution in [0.1, 0.15) is 12.8 Å². The van der Waals surface area contributed by atoms with E-state index in [2.05, 4.69) is 15.8 Å². The molecule has 18 heavy (non-hydrogen) atoms. The number of hydrogen-bond acceptors (Lipinski definition) is 5. The SMILES string of the molecule is CS(=O)(=O)c1ccc(NN=C2CCNCC2)cc1. The summed E-state index contributed by atoms with van der Waals surface area (Å²) in [5, 5.41) is 7.58. The van der Waals surface area contributed by atoms with Gasteiger partial charge in [0.05, 0.1) is 10.6 Å². The molecule has 1 saturated heterocycles. The normalized spacial score (nSPS) is 16.4. The Morgan fingerprint density at radius 2 is 1.78 bits per heavy atom. The maximum Gasteiger partial charge on any atom is 0.175 e. The Balaban J connectivity index is 2.02. The minimum atomic E-state index is -3.13. The highest BCUT2D eigenvalue weighted by molar-refractivity contribution is 7.90. The predicted octanol–water partition coefficient (Wildman–Crippen LogP) is 1.24. The number of anilines is 1. The summed E-state index contributed by atoms with van der Waals surface area (Å²) in [6.07, 6.45) is 3.10. The molecule has 2 N–H and O–H groups in total. The summed E-state index contributed by atoms with van der Waals surface area (Å²) in [5.74, 6) is 0. The first-order chi connectivity index (χ1) is 8.55. The van der Waals surface area contributed by atoms with Crippen LogP contribution < -0.4 is 10.7 Å². The largest absolute Gasteiger partial charge is 0.316 e. The van der Waals surface area contributed by atoms with Crippen LogP contribution in [0, 0.1) is 0 Å². The molecule has 2 rings (SSSR count). The van der Waals surface area contributed by atoms with Gasteiger partial charge in [-0.1, -0.05) is 0 Å². The number of piperidine rings is 1. The van der Waals surface area contributed by atoms with Gasteiger partial charge in [-0.05, 0) is 24.3 Å². The van der Waals surface area contributed by atoms with Crippen LogP contribution in [0.4, 0.5) is 5.69 Å². The molecule has 0 bridgehead atoms. The molecule has 0 amide bonds. The van der Waals surface area contributed by atoms with Gasteiger partial charge >= 0.3 is 0 Å². The average molecular weight is 267 g/mol. The van der Waals surface area contributed by atoms with Gasteiger partial charge < -0.3 is 5.32 Å². The topological polar surface area (TPSA) is 70.6 Å². The third-order valence-corrected chi connectivity index (χ3v) is 3.93. The predicted molar refractivity (Wildman–Crippen MR) is 72.7 cm³/mol. The van der Waals surface area contributed by atoms with Crippen LogP contribution in [-0.4, -0.2) is 33.5 Å². The molecular formula is C12H17N3O2S. The molecule has 1 aliphatic heterocycles. The summed E-state index contributed by atoms with van der Waals surface area (Å²) in [7, 11) is -3.13. The Kier molecular flexibility index (Phi) is 3.98. The van der Waals surface area contributed by atoms with Crippen molar-refractivity contribution in [3.8, 4) is 0 Å². The van der Waals surface area contributed by atoms with E-state index in [1.807, 2.05) is 0 Å². The van der Waals surface area contributed by atoms with Crippen LogP contribution in [0.2, 0.25) is 0 Å². The first-order valence-corrected chi connectivity index (χ1v) is 7.77. The van der Waals surface area contributed by atoms with Gasteiger partial charge in [0.1, 0.15) is 0 Å². The van der Waals surface area contributed by atoms with Crippen molar-refractivity contribution in [2.24, 2.45) is 5.10 Å². The average Bonchev–Trinajstić information content (AvgIpc) is 2.37. The van der Waals surface area contributed by atoms with Gasteiger partial charge in [0.25, 0.3) is 0 Å². The van der Waals surface area contributed by atoms with E-state index in [1.54, 1.807) is 24.3 Å². The van der Waals surface area contributed by atoms with E-state index < -0.39 is 9.84 Å². The molecule has 1 fully saturated rings. The van der Waals surface area contributed by atoms with E-state index in [0.717, 1.165) is 37.3 Å². The molecule has 6 heteroatoms. The van der Waals surface area contributed by atoms with Crippen molar-refractivity contribution in [3.63, 3.8) is 0 Å². The van der Waals surface area contributed by atoms with Crippen molar-refractivity contribution in [1.29, 1.82) is 0 Å². The second kappa shape index (κ2) is 5.49. The first kappa shape index (κ1) is 13.0. The van der Waals surface area contributed by atoms with E-state index in [4.69, 9.17) is 0 Å². The van der Waals surface area contributed by atoms with Gasteiger partial charge in [0, 0.05) is 37.9 Å². The zero-order valence-electron chi connectivity index (χ0n) is 10.3. The molecule has 0 saturated carbocycles. The molecule has 0 spiro atoms. The highest BCUT2D eigenvalue weighted by atomic mass is 32.2. The third kappa shape index (κ3) is 3.54. The van der Waals surface area contributed by atoms with E-state index in [9.17, 15) is 8.42 Å². The summed E-state index contributed by atoms with van der Waals surface area (Å²) in [6, 6.07) is 6.61. The van der Waals surface area contributed by atoms with Crippen LogP contribution in [0.15, 0.2) is 34.3 Å². The van der Waals surface area contributed by atoms with Crippen LogP contribution in [0.25, 0.3) is 0 Å². The fourth-order valence-corrected chi connectivity index (χ4v) is 2.38. The van der Waals surface area contributed by atoms with Crippen LogP contribution in [0.3, 0.4) is 0 Å². The Morgan fingerprint density at radius 3 is 2.33 bits per heavy atom. The van der Waals surface area contributed by atoms with Crippen molar-refractivity contribution in [1.82, 2.24) is 5.32 Å². The monoisotopic (exact) mass is 267 g/mol. The van der Waals surface area contributed by atoms with Gasteiger partial charge in [-0.3, -0.25) is 5.43 Å². The molecule has 98 valence electrons. The highest BCUT2D eigenvalue weighted by Gasteiger charge is 2.07. The van der Waals surface area contributed by atoms with Gasteiger partial charge in [-0.2, -0.15) is 5.10 Å². The minimum Gasteiger partial charge on any atom is -0.316 e. The fourth-order valence-electron chi connectivity index (χ4n) is 1.75. The van der Waals surface area contributed by atoms with E-state index in [1.165, 1.54) is 6.26 Å². The van der Waals surface area contributed by atoms with Crippen molar-refractivity contribution in [2.75, 3.05) is 24.8 Å².